The van der Waals surface area contributed by atoms with Gasteiger partial charge in [-0.25, -0.2) is 9.97 Å². The number of hydrogen-bond acceptors (Lipinski definition) is 17. The Kier molecular flexibility index (Phi) is 22.1. The molecule has 0 aliphatic rings. The smallest absolute Gasteiger partial charge is 0.262 e. The van der Waals surface area contributed by atoms with Gasteiger partial charge in [0.05, 0.1) is 56.1 Å². The van der Waals surface area contributed by atoms with Crippen molar-refractivity contribution in [1.82, 2.24) is 89.1 Å². The summed E-state index contributed by atoms with van der Waals surface area (Å²) in [5.41, 5.74) is 8.29. The number of imidazole rings is 2. The minimum absolute atomic E-state index is 0.104. The number of carbonyl (C=O) groups excluding carboxylic acids is 4. The van der Waals surface area contributed by atoms with E-state index in [1.807, 2.05) is 39.0 Å². The van der Waals surface area contributed by atoms with Crippen molar-refractivity contribution in [3.63, 3.8) is 0 Å². The molecule has 550 valence electrons. The fourth-order valence-electron chi connectivity index (χ4n) is 12.8. The second kappa shape index (κ2) is 32.4. The van der Waals surface area contributed by atoms with Crippen LogP contribution in [0, 0.1) is 27.7 Å². The van der Waals surface area contributed by atoms with E-state index >= 15 is 0 Å². The van der Waals surface area contributed by atoms with Gasteiger partial charge >= 0.3 is 0 Å². The number of nitrogens with one attached hydrogen (secondary N) is 10. The maximum absolute atomic E-state index is 13.0. The molecular weight excluding hydrogens is 1470 g/mol. The molecule has 35 heteroatoms. The van der Waals surface area contributed by atoms with E-state index in [4.69, 9.17) is 46.4 Å². The highest BCUT2D eigenvalue weighted by Gasteiger charge is 2.22. The van der Waals surface area contributed by atoms with Crippen LogP contribution in [0.5, 0.6) is 0 Å². The SMILES string of the molecule is Cc1[nH]nc2c1c(=O)n(CCC(=O)Nc1cnc[nH]1)c1ccc(Cl)cc21.Cc1[nH]nc2c1c(=O)n(CCCC(=O)Nc1ccncc1)c1ccc(Cl)cc21.Cc1[nH]nc2c1c(=O)n(CCCC(=O)Nc1ccon1)c1ccc(Cl)cc21.Cc1[nH]nc2c1c(=O)n(CCCC(=O)Nc1ncc[nH]1)c1ccc(Cl)cc21. The summed E-state index contributed by atoms with van der Waals surface area (Å²) in [6, 6.07) is 26.4. The van der Waals surface area contributed by atoms with Gasteiger partial charge in [-0.15, -0.1) is 0 Å². The topological polar surface area (TPSA) is 415 Å². The molecule has 108 heavy (non-hydrogen) atoms. The lowest BCUT2D eigenvalue weighted by Crippen LogP contribution is -2.24. The van der Waals surface area contributed by atoms with E-state index in [2.05, 4.69) is 96.7 Å². The van der Waals surface area contributed by atoms with Crippen LogP contribution in [0.2, 0.25) is 20.1 Å². The van der Waals surface area contributed by atoms with Gasteiger partial charge in [0, 0.05) is 153 Å². The molecule has 0 unspecified atom stereocenters. The molecular formula is C73H66Cl4N22O9. The van der Waals surface area contributed by atoms with Gasteiger partial charge in [-0.3, -0.25) is 69.1 Å². The van der Waals surface area contributed by atoms with Gasteiger partial charge in [-0.2, -0.15) is 20.4 Å². The van der Waals surface area contributed by atoms with Crippen molar-refractivity contribution in [2.75, 3.05) is 21.3 Å². The fourth-order valence-corrected chi connectivity index (χ4v) is 13.4. The van der Waals surface area contributed by atoms with Crippen LogP contribution >= 0.6 is 46.4 Å². The molecule has 4 aromatic carbocycles. The van der Waals surface area contributed by atoms with E-state index in [9.17, 15) is 38.4 Å². The van der Waals surface area contributed by atoms with Crippen LogP contribution in [0.15, 0.2) is 158 Å². The Balaban J connectivity index is 0.000000127. The first-order valence-corrected chi connectivity index (χ1v) is 35.3. The Morgan fingerprint density at radius 2 is 0.824 bits per heavy atom. The minimum atomic E-state index is -0.215. The number of aryl methyl sites for hydroxylation is 8. The van der Waals surface area contributed by atoms with Gasteiger partial charge in [-0.1, -0.05) is 51.6 Å². The zero-order valence-corrected chi connectivity index (χ0v) is 61.1. The van der Waals surface area contributed by atoms with Gasteiger partial charge in [-0.05, 0) is 132 Å². The van der Waals surface area contributed by atoms with Gasteiger partial charge in [0.1, 0.15) is 34.1 Å². The summed E-state index contributed by atoms with van der Waals surface area (Å²) in [5, 5.41) is 50.6. The number of aromatic nitrogens is 18. The number of hydrogen-bond donors (Lipinski definition) is 10. The van der Waals surface area contributed by atoms with Crippen LogP contribution in [0.25, 0.3) is 87.2 Å². The molecule has 0 radical (unpaired) electrons. The number of rotatable bonds is 19. The number of aromatic amines is 6. The molecule has 31 nitrogen and oxygen atoms in total. The highest BCUT2D eigenvalue weighted by atomic mass is 35.5. The number of H-pyrrole nitrogens is 6. The van der Waals surface area contributed by atoms with Gasteiger partial charge < -0.3 is 48.7 Å². The number of fused-ring (bicyclic) bond motifs is 12. The zero-order valence-electron chi connectivity index (χ0n) is 58.0. The average molecular weight is 1540 g/mol. The molecule has 0 atom stereocenters. The fraction of sp³-hybridized carbons (Fsp3) is 0.205. The van der Waals surface area contributed by atoms with E-state index in [1.165, 1.54) is 18.8 Å². The molecule has 0 aliphatic heterocycles. The van der Waals surface area contributed by atoms with Gasteiger partial charge in [0.2, 0.25) is 29.6 Å². The van der Waals surface area contributed by atoms with Crippen molar-refractivity contribution < 1.29 is 23.7 Å². The molecule has 12 aromatic heterocycles. The first-order chi connectivity index (χ1) is 52.2. The van der Waals surface area contributed by atoms with Crippen LogP contribution in [-0.4, -0.2) is 113 Å². The van der Waals surface area contributed by atoms with Crippen molar-refractivity contribution in [3.05, 3.63) is 219 Å². The Morgan fingerprint density at radius 3 is 1.19 bits per heavy atom. The number of carbonyl (C=O) groups is 4. The number of nitrogens with zero attached hydrogens (tertiary/aromatic N) is 12. The maximum Gasteiger partial charge on any atom is 0.262 e. The lowest BCUT2D eigenvalue weighted by Gasteiger charge is -2.12. The standard InChI is InChI=1S/C20H18ClN5O2.C18H17ClN6O2.C18H16ClN5O3.C17H15ClN6O2/c1-12-18-19(25-24-12)15-11-13(21)4-5-16(15)26(20(18)28)10-2-3-17(27)23-14-6-8-22-9-7-14;1-10-15-16(24-23-10)12-9-11(19)4-5-13(12)25(17(15)27)8-2-3-14(26)22-18-20-6-7-21-18;1-10-16-17(22-21-10)12-9-11(19)4-5-13(12)24(18(16)26)7-2-3-15(25)20-14-6-8-27-23-14;1-9-15-16(23-22-9)11-6-10(18)2-3-12(11)24(17(15)26)5-4-14(25)21-13-7-19-8-20-13/h4-9,11H,2-3,10H2,1H3,(H,24,25)(H,22,23,27);4-7,9H,2-3,8H2,1H3,(H,23,24)(H2,20,21,22,26);4-6,8-9H,2-3,7H2,1H3,(H,21,22)(H,20,23,25);2-3,6-8H,4-5H2,1H3,(H,19,20)(H,21,25)(H,22,23). The normalized spacial score (nSPS) is 11.3. The van der Waals surface area contributed by atoms with Crippen LogP contribution in [-0.2, 0) is 45.4 Å². The van der Waals surface area contributed by atoms with E-state index < -0.39 is 0 Å². The van der Waals surface area contributed by atoms with E-state index in [0.29, 0.717) is 161 Å². The molecule has 12 heterocycles. The Bertz CT molecular complexity index is 6130. The van der Waals surface area contributed by atoms with E-state index in [-0.39, 0.29) is 71.7 Å². The molecule has 4 amide bonds. The second-order valence-electron chi connectivity index (χ2n) is 25.0. The third kappa shape index (κ3) is 16.0. The zero-order chi connectivity index (χ0) is 75.9. The van der Waals surface area contributed by atoms with Crippen LogP contribution in [0.3, 0.4) is 0 Å². The molecule has 0 saturated heterocycles. The largest absolute Gasteiger partial charge is 0.363 e. The summed E-state index contributed by atoms with van der Waals surface area (Å²) in [7, 11) is 0. The lowest BCUT2D eigenvalue weighted by molar-refractivity contribution is -0.117. The molecule has 0 saturated carbocycles. The molecule has 10 N–H and O–H groups in total. The van der Waals surface area contributed by atoms with Crippen molar-refractivity contribution in [1.29, 1.82) is 0 Å². The Hall–Kier alpha value is -12.6. The van der Waals surface area contributed by atoms with E-state index in [0.717, 1.165) is 38.1 Å². The second-order valence-corrected chi connectivity index (χ2v) is 26.8. The Morgan fingerprint density at radius 1 is 0.435 bits per heavy atom. The summed E-state index contributed by atoms with van der Waals surface area (Å²) in [4.78, 5) is 118. The quantitative estimate of drug-likeness (QED) is 0.0359. The van der Waals surface area contributed by atoms with Crippen LogP contribution in [0.4, 0.5) is 23.3 Å². The Labute approximate surface area is 628 Å². The number of halogens is 4. The molecule has 0 aliphatic carbocycles. The number of anilines is 4. The van der Waals surface area contributed by atoms with Gasteiger partial charge in [0.25, 0.3) is 22.2 Å². The van der Waals surface area contributed by atoms with Crippen molar-refractivity contribution in [2.45, 2.75) is 98.8 Å². The first kappa shape index (κ1) is 73.7. The summed E-state index contributed by atoms with van der Waals surface area (Å²) in [6.45, 7) is 8.69. The number of pyridine rings is 5. The predicted octanol–water partition coefficient (Wildman–Crippen LogP) is 12.5. The molecule has 16 rings (SSSR count). The van der Waals surface area contributed by atoms with Crippen LogP contribution in [0.1, 0.15) is 67.7 Å². The monoisotopic (exact) mass is 1530 g/mol. The lowest BCUT2D eigenvalue weighted by atomic mass is 10.1. The highest BCUT2D eigenvalue weighted by Crippen LogP contribution is 2.31. The molecule has 0 fully saturated rings. The van der Waals surface area contributed by atoms with Gasteiger partial charge in [0.15, 0.2) is 5.82 Å². The highest BCUT2D eigenvalue weighted by molar-refractivity contribution is 6.33. The summed E-state index contributed by atoms with van der Waals surface area (Å²) in [6.07, 6.45) is 13.3. The van der Waals surface area contributed by atoms with Crippen molar-refractivity contribution in [3.8, 4) is 0 Å². The van der Waals surface area contributed by atoms with E-state index in [1.54, 1.807) is 123 Å². The third-order valence-corrected chi connectivity index (χ3v) is 18.7. The minimum Gasteiger partial charge on any atom is -0.363 e. The molecule has 0 spiro atoms. The van der Waals surface area contributed by atoms with Crippen molar-refractivity contribution in [2.24, 2.45) is 0 Å². The first-order valence-electron chi connectivity index (χ1n) is 33.8. The number of benzene rings is 4. The summed E-state index contributed by atoms with van der Waals surface area (Å²) < 4.78 is 11.3. The van der Waals surface area contributed by atoms with Crippen LogP contribution < -0.4 is 43.5 Å². The summed E-state index contributed by atoms with van der Waals surface area (Å²) in [5.74, 6) is 0.621. The van der Waals surface area contributed by atoms with Crippen molar-refractivity contribution >= 4 is 181 Å². The number of amides is 4. The maximum atomic E-state index is 13.0. The predicted molar refractivity (Wildman–Crippen MR) is 415 cm³/mol. The average Bonchev–Trinajstić information content (AvgIpc) is 1.53. The summed E-state index contributed by atoms with van der Waals surface area (Å²) >= 11 is 24.6. The third-order valence-electron chi connectivity index (χ3n) is 17.8. The molecule has 0 bridgehead atoms. The molecule has 16 aromatic rings.